The highest BCUT2D eigenvalue weighted by molar-refractivity contribution is 9.10. The van der Waals surface area contributed by atoms with E-state index in [9.17, 15) is 0 Å². The maximum Gasteiger partial charge on any atom is 0.119 e. The molecule has 0 N–H and O–H groups in total. The zero-order chi connectivity index (χ0) is 20.4. The maximum atomic E-state index is 5.20. The van der Waals surface area contributed by atoms with Crippen LogP contribution in [-0.4, -0.2) is 5.71 Å². The first-order valence-corrected chi connectivity index (χ1v) is 10.9. The van der Waals surface area contributed by atoms with E-state index in [0.717, 1.165) is 27.9 Å². The summed E-state index contributed by atoms with van der Waals surface area (Å²) in [6.45, 7) is 0. The van der Waals surface area contributed by atoms with Gasteiger partial charge in [0.15, 0.2) is 0 Å². The molecule has 4 aromatic rings. The third-order valence-corrected chi connectivity index (χ3v) is 6.22. The highest BCUT2D eigenvalue weighted by atomic mass is 79.9. The van der Waals surface area contributed by atoms with Gasteiger partial charge in [0.05, 0.1) is 11.4 Å². The van der Waals surface area contributed by atoms with Crippen molar-refractivity contribution in [2.75, 3.05) is 5.01 Å². The smallest absolute Gasteiger partial charge is 0.119 e. The van der Waals surface area contributed by atoms with Crippen LogP contribution in [0.25, 0.3) is 0 Å². The van der Waals surface area contributed by atoms with Gasteiger partial charge in [0.2, 0.25) is 0 Å². The fourth-order valence-electron chi connectivity index (χ4n) is 4.25. The quantitative estimate of drug-likeness (QED) is 0.325. The number of rotatable bonds is 4. The van der Waals surface area contributed by atoms with Crippen LogP contribution in [0.1, 0.15) is 23.1 Å². The lowest BCUT2D eigenvalue weighted by molar-refractivity contribution is 0.534. The van der Waals surface area contributed by atoms with E-state index < -0.39 is 5.54 Å². The van der Waals surface area contributed by atoms with Gasteiger partial charge in [0.1, 0.15) is 5.54 Å². The Morgan fingerprint density at radius 3 is 1.67 bits per heavy atom. The SMILES string of the molecule is Brc1ccc(N2N=C(c3ccccc3)CC2(c2ccccc2)c2ccccc2)cc1. The molecule has 1 aliphatic rings. The van der Waals surface area contributed by atoms with Crippen molar-refractivity contribution < 1.29 is 0 Å². The first-order chi connectivity index (χ1) is 14.8. The average Bonchev–Trinajstić information content (AvgIpc) is 3.23. The van der Waals surface area contributed by atoms with Crippen LogP contribution in [-0.2, 0) is 5.54 Å². The molecule has 0 bridgehead atoms. The monoisotopic (exact) mass is 452 g/mol. The van der Waals surface area contributed by atoms with E-state index in [4.69, 9.17) is 5.10 Å². The second kappa shape index (κ2) is 7.92. The highest BCUT2D eigenvalue weighted by Gasteiger charge is 2.46. The molecule has 0 fully saturated rings. The summed E-state index contributed by atoms with van der Waals surface area (Å²) in [7, 11) is 0. The van der Waals surface area contributed by atoms with Crippen LogP contribution in [0, 0.1) is 0 Å². The zero-order valence-corrected chi connectivity index (χ0v) is 18.0. The Hall–Kier alpha value is -3.17. The Bertz CT molecular complexity index is 1110. The van der Waals surface area contributed by atoms with Crippen LogP contribution in [0.15, 0.2) is 125 Å². The number of nitrogens with zero attached hydrogens (tertiary/aromatic N) is 2. The molecule has 2 nitrogen and oxygen atoms in total. The molecule has 0 saturated carbocycles. The summed E-state index contributed by atoms with van der Waals surface area (Å²) in [5.74, 6) is 0. The number of hydrogen-bond donors (Lipinski definition) is 0. The van der Waals surface area contributed by atoms with Gasteiger partial charge in [-0.2, -0.15) is 5.10 Å². The second-order valence-corrected chi connectivity index (χ2v) is 8.39. The van der Waals surface area contributed by atoms with Crippen LogP contribution >= 0.6 is 15.9 Å². The molecule has 0 atom stereocenters. The molecule has 5 rings (SSSR count). The zero-order valence-electron chi connectivity index (χ0n) is 16.4. The number of halogens is 1. The van der Waals surface area contributed by atoms with Crippen molar-refractivity contribution in [1.29, 1.82) is 0 Å². The molecule has 4 aromatic carbocycles. The van der Waals surface area contributed by atoms with Gasteiger partial charge in [-0.1, -0.05) is 107 Å². The largest absolute Gasteiger partial charge is 0.250 e. The lowest BCUT2D eigenvalue weighted by Gasteiger charge is -2.39. The molecular formula is C27H21BrN2. The lowest BCUT2D eigenvalue weighted by atomic mass is 9.78. The second-order valence-electron chi connectivity index (χ2n) is 7.47. The van der Waals surface area contributed by atoms with Crippen molar-refractivity contribution in [2.45, 2.75) is 12.0 Å². The summed E-state index contributed by atoms with van der Waals surface area (Å²) in [6, 6.07) is 40.3. The van der Waals surface area contributed by atoms with E-state index in [2.05, 4.69) is 130 Å². The normalized spacial score (nSPS) is 15.1. The van der Waals surface area contributed by atoms with Crippen LogP contribution in [0.2, 0.25) is 0 Å². The third kappa shape index (κ3) is 3.25. The summed E-state index contributed by atoms with van der Waals surface area (Å²) in [5.41, 5.74) is 5.36. The standard InChI is InChI=1S/C27H21BrN2/c28-24-16-18-25(19-17-24)30-27(22-12-6-2-7-13-22,23-14-8-3-9-15-23)20-26(29-30)21-10-4-1-5-11-21/h1-19H,20H2. The minimum atomic E-state index is -0.415. The minimum Gasteiger partial charge on any atom is -0.250 e. The summed E-state index contributed by atoms with van der Waals surface area (Å²) >= 11 is 3.57. The number of benzene rings is 4. The predicted octanol–water partition coefficient (Wildman–Crippen LogP) is 7.01. The Kier molecular flexibility index (Phi) is 4.97. The maximum absolute atomic E-state index is 5.20. The van der Waals surface area contributed by atoms with Crippen molar-refractivity contribution in [3.63, 3.8) is 0 Å². The summed E-state index contributed by atoms with van der Waals surface area (Å²) in [6.07, 6.45) is 0.793. The van der Waals surface area contributed by atoms with Crippen molar-refractivity contribution in [2.24, 2.45) is 5.10 Å². The first kappa shape index (κ1) is 18.8. The molecule has 0 saturated heterocycles. The molecule has 0 unspecified atom stereocenters. The molecule has 0 amide bonds. The van der Waals surface area contributed by atoms with Gasteiger partial charge in [0.25, 0.3) is 0 Å². The molecule has 146 valence electrons. The van der Waals surface area contributed by atoms with Crippen LogP contribution in [0.4, 0.5) is 5.69 Å². The Morgan fingerprint density at radius 2 is 1.13 bits per heavy atom. The molecule has 0 aromatic heterocycles. The average molecular weight is 453 g/mol. The Morgan fingerprint density at radius 1 is 0.633 bits per heavy atom. The van der Waals surface area contributed by atoms with Gasteiger partial charge >= 0.3 is 0 Å². The van der Waals surface area contributed by atoms with E-state index in [1.54, 1.807) is 0 Å². The number of hydrogen-bond acceptors (Lipinski definition) is 2. The van der Waals surface area contributed by atoms with Crippen molar-refractivity contribution >= 4 is 27.3 Å². The van der Waals surface area contributed by atoms with E-state index in [0.29, 0.717) is 0 Å². The van der Waals surface area contributed by atoms with Gasteiger partial charge in [-0.15, -0.1) is 0 Å². The van der Waals surface area contributed by atoms with Gasteiger partial charge in [-0.05, 0) is 41.0 Å². The summed E-state index contributed by atoms with van der Waals surface area (Å²) in [4.78, 5) is 0. The topological polar surface area (TPSA) is 15.6 Å². The molecule has 0 spiro atoms. The Balaban J connectivity index is 1.76. The van der Waals surface area contributed by atoms with Gasteiger partial charge in [0, 0.05) is 10.9 Å². The number of hydrazone groups is 1. The molecule has 0 aliphatic carbocycles. The molecular weight excluding hydrogens is 432 g/mol. The first-order valence-electron chi connectivity index (χ1n) is 10.1. The molecule has 0 radical (unpaired) electrons. The van der Waals surface area contributed by atoms with E-state index in [1.807, 2.05) is 6.07 Å². The summed E-state index contributed by atoms with van der Waals surface area (Å²) in [5, 5.41) is 7.40. The van der Waals surface area contributed by atoms with Crippen LogP contribution in [0.5, 0.6) is 0 Å². The fourth-order valence-corrected chi connectivity index (χ4v) is 4.52. The minimum absolute atomic E-state index is 0.415. The van der Waals surface area contributed by atoms with Gasteiger partial charge in [-0.25, -0.2) is 5.01 Å². The van der Waals surface area contributed by atoms with Gasteiger partial charge in [-0.3, -0.25) is 0 Å². The summed E-state index contributed by atoms with van der Waals surface area (Å²) < 4.78 is 1.06. The third-order valence-electron chi connectivity index (χ3n) is 5.69. The lowest BCUT2D eigenvalue weighted by Crippen LogP contribution is -2.41. The predicted molar refractivity (Wildman–Crippen MR) is 128 cm³/mol. The van der Waals surface area contributed by atoms with Gasteiger partial charge < -0.3 is 0 Å². The van der Waals surface area contributed by atoms with Crippen LogP contribution < -0.4 is 5.01 Å². The van der Waals surface area contributed by atoms with Crippen molar-refractivity contribution in [3.05, 3.63) is 136 Å². The van der Waals surface area contributed by atoms with Crippen LogP contribution in [0.3, 0.4) is 0 Å². The van der Waals surface area contributed by atoms with Crippen molar-refractivity contribution in [3.8, 4) is 0 Å². The molecule has 1 aliphatic heterocycles. The molecule has 3 heteroatoms. The number of anilines is 1. The Labute approximate surface area is 185 Å². The molecule has 1 heterocycles. The molecule has 30 heavy (non-hydrogen) atoms. The van der Waals surface area contributed by atoms with E-state index in [1.165, 1.54) is 11.1 Å². The van der Waals surface area contributed by atoms with E-state index >= 15 is 0 Å². The van der Waals surface area contributed by atoms with E-state index in [-0.39, 0.29) is 0 Å². The van der Waals surface area contributed by atoms with Crippen molar-refractivity contribution in [1.82, 2.24) is 0 Å². The highest BCUT2D eigenvalue weighted by Crippen LogP contribution is 2.47. The fraction of sp³-hybridized carbons (Fsp3) is 0.0741.